The molecule has 24 heavy (non-hydrogen) atoms. The van der Waals surface area contributed by atoms with Gasteiger partial charge in [0.05, 0.1) is 0 Å². The number of benzene rings is 2. The molecular weight excluding hydrogens is 292 g/mol. The SMILES string of the molecule is CCCCCCCCC(CC)CCc1ccc2cc(O)ccc2c1. The van der Waals surface area contributed by atoms with E-state index in [1.807, 2.05) is 12.1 Å². The molecular formula is C23H34O. The minimum atomic E-state index is 0.347. The summed E-state index contributed by atoms with van der Waals surface area (Å²) >= 11 is 0. The maximum Gasteiger partial charge on any atom is 0.116 e. The van der Waals surface area contributed by atoms with E-state index >= 15 is 0 Å². The molecule has 0 bridgehead atoms. The molecule has 0 aliphatic rings. The molecule has 0 fully saturated rings. The number of phenols is 1. The lowest BCUT2D eigenvalue weighted by molar-refractivity contribution is 0.412. The van der Waals surface area contributed by atoms with Gasteiger partial charge in [0.25, 0.3) is 0 Å². The summed E-state index contributed by atoms with van der Waals surface area (Å²) in [6.45, 7) is 4.62. The minimum absolute atomic E-state index is 0.347. The Bertz CT molecular complexity index is 602. The molecule has 0 saturated heterocycles. The zero-order valence-corrected chi connectivity index (χ0v) is 15.6. The molecule has 1 N–H and O–H groups in total. The molecule has 0 aliphatic heterocycles. The van der Waals surface area contributed by atoms with Crippen LogP contribution >= 0.6 is 0 Å². The zero-order chi connectivity index (χ0) is 17.2. The summed E-state index contributed by atoms with van der Waals surface area (Å²) in [6, 6.07) is 12.3. The highest BCUT2D eigenvalue weighted by molar-refractivity contribution is 5.84. The number of rotatable bonds is 11. The summed E-state index contributed by atoms with van der Waals surface area (Å²) in [7, 11) is 0. The van der Waals surface area contributed by atoms with Crippen molar-refractivity contribution in [3.8, 4) is 5.75 Å². The van der Waals surface area contributed by atoms with Gasteiger partial charge >= 0.3 is 0 Å². The molecule has 1 nitrogen and oxygen atoms in total. The quantitative estimate of drug-likeness (QED) is 0.431. The molecule has 0 aromatic heterocycles. The topological polar surface area (TPSA) is 20.2 Å². The minimum Gasteiger partial charge on any atom is -0.508 e. The van der Waals surface area contributed by atoms with Gasteiger partial charge in [-0.25, -0.2) is 0 Å². The van der Waals surface area contributed by atoms with Crippen LogP contribution in [0.15, 0.2) is 36.4 Å². The van der Waals surface area contributed by atoms with Crippen molar-refractivity contribution in [1.29, 1.82) is 0 Å². The average Bonchev–Trinajstić information content (AvgIpc) is 2.60. The number of aromatic hydroxyl groups is 1. The van der Waals surface area contributed by atoms with Crippen LogP contribution in [0, 0.1) is 5.92 Å². The number of unbranched alkanes of at least 4 members (excludes halogenated alkanes) is 5. The normalized spacial score (nSPS) is 12.6. The molecule has 1 heteroatoms. The second-order valence-electron chi connectivity index (χ2n) is 7.24. The maximum absolute atomic E-state index is 9.56. The molecule has 1 unspecified atom stereocenters. The molecule has 0 saturated carbocycles. The number of phenolic OH excluding ortho intramolecular Hbond substituents is 1. The number of fused-ring (bicyclic) bond motifs is 1. The maximum atomic E-state index is 9.56. The average molecular weight is 327 g/mol. The molecule has 0 radical (unpaired) electrons. The van der Waals surface area contributed by atoms with Crippen molar-refractivity contribution >= 4 is 10.8 Å². The summed E-state index contributed by atoms with van der Waals surface area (Å²) < 4.78 is 0. The molecule has 1 atom stereocenters. The summed E-state index contributed by atoms with van der Waals surface area (Å²) in [5.74, 6) is 1.21. The Morgan fingerprint density at radius 2 is 1.50 bits per heavy atom. The smallest absolute Gasteiger partial charge is 0.116 e. The first-order chi connectivity index (χ1) is 11.7. The van der Waals surface area contributed by atoms with Gasteiger partial charge in [-0.05, 0) is 47.2 Å². The van der Waals surface area contributed by atoms with Gasteiger partial charge in [0.1, 0.15) is 5.75 Å². The van der Waals surface area contributed by atoms with Crippen LogP contribution in [-0.4, -0.2) is 5.11 Å². The molecule has 2 aromatic carbocycles. The Balaban J connectivity index is 1.77. The fraction of sp³-hybridized carbons (Fsp3) is 0.565. The van der Waals surface area contributed by atoms with Gasteiger partial charge in [-0.3, -0.25) is 0 Å². The van der Waals surface area contributed by atoms with Crippen LogP contribution in [0.25, 0.3) is 10.8 Å². The van der Waals surface area contributed by atoms with E-state index in [2.05, 4.69) is 32.0 Å². The molecule has 0 amide bonds. The number of aryl methyl sites for hydroxylation is 1. The summed E-state index contributed by atoms with van der Waals surface area (Å²) in [5, 5.41) is 11.9. The van der Waals surface area contributed by atoms with Crippen molar-refractivity contribution < 1.29 is 5.11 Å². The highest BCUT2D eigenvalue weighted by Gasteiger charge is 2.07. The predicted molar refractivity (Wildman–Crippen MR) is 106 cm³/mol. The van der Waals surface area contributed by atoms with Gasteiger partial charge in [0, 0.05) is 0 Å². The van der Waals surface area contributed by atoms with Crippen LogP contribution in [0.5, 0.6) is 5.75 Å². The predicted octanol–water partition coefficient (Wildman–Crippen LogP) is 7.25. The van der Waals surface area contributed by atoms with E-state index < -0.39 is 0 Å². The first-order valence-electron chi connectivity index (χ1n) is 9.94. The Morgan fingerprint density at radius 3 is 2.29 bits per heavy atom. The summed E-state index contributed by atoms with van der Waals surface area (Å²) in [6.07, 6.45) is 13.6. The second-order valence-corrected chi connectivity index (χ2v) is 7.24. The molecule has 0 aliphatic carbocycles. The van der Waals surface area contributed by atoms with Crippen molar-refractivity contribution in [3.05, 3.63) is 42.0 Å². The van der Waals surface area contributed by atoms with E-state index in [0.717, 1.165) is 11.3 Å². The second kappa shape index (κ2) is 10.4. The third kappa shape index (κ3) is 6.19. The summed E-state index contributed by atoms with van der Waals surface area (Å²) in [5.41, 5.74) is 1.43. The van der Waals surface area contributed by atoms with Gasteiger partial charge < -0.3 is 5.11 Å². The van der Waals surface area contributed by atoms with Gasteiger partial charge in [-0.15, -0.1) is 0 Å². The van der Waals surface area contributed by atoms with Crippen LogP contribution in [-0.2, 0) is 6.42 Å². The fourth-order valence-electron chi connectivity index (χ4n) is 3.57. The van der Waals surface area contributed by atoms with Gasteiger partial charge in [0.2, 0.25) is 0 Å². The van der Waals surface area contributed by atoms with E-state index in [1.165, 1.54) is 75.2 Å². The van der Waals surface area contributed by atoms with E-state index in [4.69, 9.17) is 0 Å². The molecule has 132 valence electrons. The Labute approximate surface area is 148 Å². The Hall–Kier alpha value is -1.50. The van der Waals surface area contributed by atoms with Gasteiger partial charge in [0.15, 0.2) is 0 Å². The zero-order valence-electron chi connectivity index (χ0n) is 15.6. The third-order valence-electron chi connectivity index (χ3n) is 5.27. The highest BCUT2D eigenvalue weighted by atomic mass is 16.3. The van der Waals surface area contributed by atoms with Gasteiger partial charge in [-0.2, -0.15) is 0 Å². The van der Waals surface area contributed by atoms with Crippen molar-refractivity contribution in [2.45, 2.75) is 78.1 Å². The van der Waals surface area contributed by atoms with Crippen molar-refractivity contribution in [2.24, 2.45) is 5.92 Å². The number of hydrogen-bond acceptors (Lipinski definition) is 1. The molecule has 0 spiro atoms. The monoisotopic (exact) mass is 326 g/mol. The molecule has 2 aromatic rings. The lowest BCUT2D eigenvalue weighted by Crippen LogP contribution is -2.01. The van der Waals surface area contributed by atoms with E-state index in [-0.39, 0.29) is 0 Å². The fourth-order valence-corrected chi connectivity index (χ4v) is 3.57. The van der Waals surface area contributed by atoms with Crippen molar-refractivity contribution in [2.75, 3.05) is 0 Å². The van der Waals surface area contributed by atoms with Gasteiger partial charge in [-0.1, -0.05) is 89.5 Å². The summed E-state index contributed by atoms with van der Waals surface area (Å²) in [4.78, 5) is 0. The van der Waals surface area contributed by atoms with Crippen LogP contribution < -0.4 is 0 Å². The van der Waals surface area contributed by atoms with Crippen molar-refractivity contribution in [3.63, 3.8) is 0 Å². The van der Waals surface area contributed by atoms with Crippen LogP contribution in [0.4, 0.5) is 0 Å². The molecule has 0 heterocycles. The Morgan fingerprint density at radius 1 is 0.792 bits per heavy atom. The van der Waals surface area contributed by atoms with E-state index in [1.54, 1.807) is 6.07 Å². The first-order valence-corrected chi connectivity index (χ1v) is 9.94. The lowest BCUT2D eigenvalue weighted by Gasteiger charge is -2.15. The Kier molecular flexibility index (Phi) is 8.15. The number of hydrogen-bond donors (Lipinski definition) is 1. The first kappa shape index (κ1) is 18.8. The van der Waals surface area contributed by atoms with E-state index in [9.17, 15) is 5.11 Å². The van der Waals surface area contributed by atoms with Crippen LogP contribution in [0.2, 0.25) is 0 Å². The third-order valence-corrected chi connectivity index (χ3v) is 5.27. The molecule has 2 rings (SSSR count). The van der Waals surface area contributed by atoms with Crippen LogP contribution in [0.1, 0.15) is 77.2 Å². The lowest BCUT2D eigenvalue weighted by atomic mass is 9.91. The van der Waals surface area contributed by atoms with Crippen molar-refractivity contribution in [1.82, 2.24) is 0 Å². The standard InChI is InChI=1S/C23H34O/c1-3-5-6-7-8-9-10-19(4-2)11-12-20-13-14-22-18-23(24)16-15-21(22)17-20/h13-19,24H,3-12H2,1-2H3. The van der Waals surface area contributed by atoms with E-state index in [0.29, 0.717) is 5.75 Å². The largest absolute Gasteiger partial charge is 0.508 e. The van der Waals surface area contributed by atoms with Crippen LogP contribution in [0.3, 0.4) is 0 Å². The highest BCUT2D eigenvalue weighted by Crippen LogP contribution is 2.24.